The molecule has 2 amide bonds. The Balaban J connectivity index is 1.42. The molecule has 1 fully saturated rings. The molecule has 3 aromatic rings. The predicted molar refractivity (Wildman–Crippen MR) is 137 cm³/mol. The molecule has 2 aromatic carbocycles. The van der Waals surface area contributed by atoms with Gasteiger partial charge in [0.25, 0.3) is 11.1 Å². The second-order valence-electron chi connectivity index (χ2n) is 7.70. The van der Waals surface area contributed by atoms with E-state index >= 15 is 0 Å². The monoisotopic (exact) mass is 592 g/mol. The number of rotatable bonds is 4. The first-order valence-corrected chi connectivity index (χ1v) is 12.4. The molecular formula is C24H18ClIN2O4S. The number of carbonyl (C=O) groups excluding carboxylic acids is 2. The summed E-state index contributed by atoms with van der Waals surface area (Å²) in [6, 6.07) is 13.6. The molecule has 0 spiro atoms. The van der Waals surface area contributed by atoms with E-state index in [1.54, 1.807) is 18.2 Å². The zero-order chi connectivity index (χ0) is 23.3. The van der Waals surface area contributed by atoms with Gasteiger partial charge in [0.05, 0.1) is 11.4 Å². The molecule has 0 radical (unpaired) electrons. The molecule has 6 nitrogen and oxygen atoms in total. The minimum atomic E-state index is -0.335. The van der Waals surface area contributed by atoms with E-state index in [9.17, 15) is 9.59 Å². The molecule has 1 aromatic heterocycles. The first-order valence-electron chi connectivity index (χ1n) is 10.1. The molecule has 0 N–H and O–H groups in total. The van der Waals surface area contributed by atoms with Crippen LogP contribution in [0, 0.1) is 17.4 Å². The van der Waals surface area contributed by atoms with Crippen molar-refractivity contribution < 1.29 is 19.1 Å². The van der Waals surface area contributed by atoms with Crippen molar-refractivity contribution in [3.63, 3.8) is 0 Å². The highest BCUT2D eigenvalue weighted by Crippen LogP contribution is 2.39. The third-order valence-electron chi connectivity index (χ3n) is 5.59. The van der Waals surface area contributed by atoms with Crippen LogP contribution in [0.3, 0.4) is 0 Å². The summed E-state index contributed by atoms with van der Waals surface area (Å²) < 4.78 is 14.0. The fourth-order valence-corrected chi connectivity index (χ4v) is 5.35. The van der Waals surface area contributed by atoms with Crippen LogP contribution in [0.5, 0.6) is 11.5 Å². The van der Waals surface area contributed by atoms with Gasteiger partial charge in [-0.25, -0.2) is 0 Å². The molecule has 9 heteroatoms. The van der Waals surface area contributed by atoms with Crippen molar-refractivity contribution in [2.24, 2.45) is 0 Å². The lowest BCUT2D eigenvalue weighted by Gasteiger charge is -2.14. The maximum absolute atomic E-state index is 13.1. The van der Waals surface area contributed by atoms with Crippen LogP contribution < -0.4 is 9.47 Å². The Kier molecular flexibility index (Phi) is 5.92. The van der Waals surface area contributed by atoms with Crippen molar-refractivity contribution in [3.8, 4) is 17.2 Å². The summed E-state index contributed by atoms with van der Waals surface area (Å²) in [4.78, 5) is 27.4. The van der Waals surface area contributed by atoms with Crippen molar-refractivity contribution >= 4 is 63.2 Å². The number of hydrogen-bond acceptors (Lipinski definition) is 5. The Hall–Kier alpha value is -2.43. The van der Waals surface area contributed by atoms with Crippen molar-refractivity contribution in [1.29, 1.82) is 0 Å². The van der Waals surface area contributed by atoms with Crippen molar-refractivity contribution in [1.82, 2.24) is 9.47 Å². The van der Waals surface area contributed by atoms with Gasteiger partial charge in [-0.15, -0.1) is 0 Å². The lowest BCUT2D eigenvalue weighted by atomic mass is 10.2. The standard InChI is InChI=1S/C24H18ClIN2O4S/c1-13-7-15(14(2)28(13)18-5-3-17(26)4-6-18)9-22-23(29)27(24(30)33-22)11-16-8-20-21(10-19(16)25)32-12-31-20/h3-10H,11-12H2,1-2H3/b22-9-. The molecule has 0 atom stereocenters. The molecule has 0 aliphatic carbocycles. The SMILES string of the molecule is Cc1cc(/C=C2\SC(=O)N(Cc3cc4c(cc3Cl)OCO4)C2=O)c(C)n1-c1ccc(I)cc1. The van der Waals surface area contributed by atoms with Crippen LogP contribution in [0.2, 0.25) is 5.02 Å². The van der Waals surface area contributed by atoms with Gasteiger partial charge in [0.1, 0.15) is 0 Å². The first-order chi connectivity index (χ1) is 15.8. The molecule has 2 aliphatic heterocycles. The Bertz CT molecular complexity index is 1330. The summed E-state index contributed by atoms with van der Waals surface area (Å²) >= 11 is 9.56. The first kappa shape index (κ1) is 22.4. The van der Waals surface area contributed by atoms with Crippen molar-refractivity contribution in [2.45, 2.75) is 20.4 Å². The van der Waals surface area contributed by atoms with Gasteiger partial charge >= 0.3 is 0 Å². The van der Waals surface area contributed by atoms with Crippen LogP contribution in [0.15, 0.2) is 47.4 Å². The number of aromatic nitrogens is 1. The predicted octanol–water partition coefficient (Wildman–Crippen LogP) is 6.32. The van der Waals surface area contributed by atoms with E-state index in [-0.39, 0.29) is 24.5 Å². The maximum Gasteiger partial charge on any atom is 0.293 e. The highest BCUT2D eigenvalue weighted by Gasteiger charge is 2.36. The fraction of sp³-hybridized carbons (Fsp3) is 0.167. The van der Waals surface area contributed by atoms with E-state index in [1.807, 2.05) is 19.9 Å². The number of thioether (sulfide) groups is 1. The molecule has 1 saturated heterocycles. The van der Waals surface area contributed by atoms with Crippen LogP contribution in [-0.2, 0) is 11.3 Å². The molecule has 0 saturated carbocycles. The molecule has 5 rings (SSSR count). The number of benzene rings is 2. The highest BCUT2D eigenvalue weighted by molar-refractivity contribution is 14.1. The van der Waals surface area contributed by atoms with Gasteiger partial charge in [-0.05, 0) is 102 Å². The van der Waals surface area contributed by atoms with Gasteiger partial charge in [0.15, 0.2) is 11.5 Å². The number of carbonyl (C=O) groups is 2. The summed E-state index contributed by atoms with van der Waals surface area (Å²) in [5.41, 5.74) is 4.63. The maximum atomic E-state index is 13.1. The normalized spacial score (nSPS) is 16.4. The van der Waals surface area contributed by atoms with Crippen molar-refractivity contribution in [3.05, 3.63) is 78.5 Å². The number of ether oxygens (including phenoxy) is 2. The zero-order valence-electron chi connectivity index (χ0n) is 17.7. The molecular weight excluding hydrogens is 575 g/mol. The van der Waals surface area contributed by atoms with E-state index in [4.69, 9.17) is 21.1 Å². The summed E-state index contributed by atoms with van der Waals surface area (Å²) in [5, 5.41) is 0.0924. The van der Waals surface area contributed by atoms with Crippen LogP contribution in [0.4, 0.5) is 4.79 Å². The topological polar surface area (TPSA) is 60.8 Å². The van der Waals surface area contributed by atoms with E-state index < -0.39 is 0 Å². The van der Waals surface area contributed by atoms with Crippen LogP contribution >= 0.6 is 46.0 Å². The summed E-state index contributed by atoms with van der Waals surface area (Å²) in [7, 11) is 0. The number of halogens is 2. The van der Waals surface area contributed by atoms with E-state index in [2.05, 4.69) is 51.4 Å². The van der Waals surface area contributed by atoms with E-state index in [0.29, 0.717) is 27.0 Å². The number of fused-ring (bicyclic) bond motifs is 1. The third-order valence-corrected chi connectivity index (χ3v) is 7.56. The number of hydrogen-bond donors (Lipinski definition) is 0. The smallest absolute Gasteiger partial charge is 0.293 e. The Morgan fingerprint density at radius 1 is 1.09 bits per heavy atom. The second kappa shape index (κ2) is 8.73. The third kappa shape index (κ3) is 4.15. The van der Waals surface area contributed by atoms with Gasteiger partial charge < -0.3 is 14.0 Å². The van der Waals surface area contributed by atoms with Gasteiger partial charge in [-0.2, -0.15) is 0 Å². The summed E-state index contributed by atoms with van der Waals surface area (Å²) in [6.07, 6.45) is 1.79. The lowest BCUT2D eigenvalue weighted by Crippen LogP contribution is -2.27. The molecule has 3 heterocycles. The largest absolute Gasteiger partial charge is 0.454 e. The Labute approximate surface area is 213 Å². The average molecular weight is 593 g/mol. The van der Waals surface area contributed by atoms with Gasteiger partial charge in [0, 0.05) is 31.7 Å². The van der Waals surface area contributed by atoms with Crippen LogP contribution in [0.1, 0.15) is 22.5 Å². The summed E-state index contributed by atoms with van der Waals surface area (Å²) in [6.45, 7) is 4.22. The molecule has 0 bridgehead atoms. The van der Waals surface area contributed by atoms with Gasteiger partial charge in [0.2, 0.25) is 6.79 Å². The lowest BCUT2D eigenvalue weighted by molar-refractivity contribution is -0.123. The molecule has 33 heavy (non-hydrogen) atoms. The van der Waals surface area contributed by atoms with Crippen LogP contribution in [-0.4, -0.2) is 27.4 Å². The van der Waals surface area contributed by atoms with Gasteiger partial charge in [-0.3, -0.25) is 14.5 Å². The Morgan fingerprint density at radius 2 is 1.79 bits per heavy atom. The minimum Gasteiger partial charge on any atom is -0.454 e. The van der Waals surface area contributed by atoms with E-state index in [1.165, 1.54) is 4.90 Å². The van der Waals surface area contributed by atoms with Gasteiger partial charge in [-0.1, -0.05) is 11.6 Å². The summed E-state index contributed by atoms with van der Waals surface area (Å²) in [5.74, 6) is 0.777. The molecule has 0 unspecified atom stereocenters. The Morgan fingerprint density at radius 3 is 2.52 bits per heavy atom. The minimum absolute atomic E-state index is 0.0686. The van der Waals surface area contributed by atoms with E-state index in [0.717, 1.165) is 38.0 Å². The van der Waals surface area contributed by atoms with Crippen LogP contribution in [0.25, 0.3) is 11.8 Å². The number of amides is 2. The fourth-order valence-electron chi connectivity index (χ4n) is 3.95. The second-order valence-corrected chi connectivity index (χ2v) is 10.3. The molecule has 168 valence electrons. The zero-order valence-corrected chi connectivity index (χ0v) is 21.5. The quantitative estimate of drug-likeness (QED) is 0.262. The van der Waals surface area contributed by atoms with Crippen molar-refractivity contribution in [2.75, 3.05) is 6.79 Å². The number of imide groups is 1. The number of nitrogens with zero attached hydrogens (tertiary/aromatic N) is 2. The number of aryl methyl sites for hydroxylation is 1. The highest BCUT2D eigenvalue weighted by atomic mass is 127. The average Bonchev–Trinajstić information content (AvgIpc) is 3.42. The molecule has 2 aliphatic rings.